The average Bonchev–Trinajstić information content (AvgIpc) is 3.14. The van der Waals surface area contributed by atoms with Crippen molar-refractivity contribution in [1.29, 1.82) is 0 Å². The summed E-state index contributed by atoms with van der Waals surface area (Å²) in [7, 11) is -1.10. The lowest BCUT2D eigenvalue weighted by Crippen LogP contribution is -1.96. The predicted molar refractivity (Wildman–Crippen MR) is 163 cm³/mol. The summed E-state index contributed by atoms with van der Waals surface area (Å²) in [6, 6.07) is 40.8. The second-order valence-electron chi connectivity index (χ2n) is 10.6. The third-order valence-electron chi connectivity index (χ3n) is 8.23. The first kappa shape index (κ1) is 22.4. The van der Waals surface area contributed by atoms with E-state index in [-0.39, 0.29) is 0 Å². The average molecular weight is 495 g/mol. The van der Waals surface area contributed by atoms with Crippen molar-refractivity contribution in [1.82, 2.24) is 0 Å². The van der Waals surface area contributed by atoms with Crippen LogP contribution >= 0.6 is 10.0 Å². The zero-order chi connectivity index (χ0) is 25.3. The van der Waals surface area contributed by atoms with Gasteiger partial charge in [0.25, 0.3) is 0 Å². The predicted octanol–water partition coefficient (Wildman–Crippen LogP) is 10.4. The summed E-state index contributed by atoms with van der Waals surface area (Å²) in [4.78, 5) is 3.00. The van der Waals surface area contributed by atoms with Crippen LogP contribution in [0.4, 0.5) is 0 Å². The van der Waals surface area contributed by atoms with E-state index in [4.69, 9.17) is 0 Å². The van der Waals surface area contributed by atoms with Gasteiger partial charge >= 0.3 is 0 Å². The molecule has 0 aliphatic carbocycles. The van der Waals surface area contributed by atoms with Gasteiger partial charge in [0, 0.05) is 9.79 Å². The molecular formula is C36H30S. The largest absolute Gasteiger partial charge is 0.192 e. The molecule has 0 radical (unpaired) electrons. The molecule has 0 aromatic heterocycles. The molecule has 180 valence electrons. The van der Waals surface area contributed by atoms with Gasteiger partial charge in [-0.05, 0) is 111 Å². The van der Waals surface area contributed by atoms with Crippen LogP contribution in [0.3, 0.4) is 0 Å². The van der Waals surface area contributed by atoms with E-state index in [2.05, 4.69) is 136 Å². The fourth-order valence-electron chi connectivity index (χ4n) is 6.38. The maximum absolute atomic E-state index is 2.55. The number of benzene rings is 6. The number of fused-ring (bicyclic) bond motifs is 5. The van der Waals surface area contributed by atoms with Crippen molar-refractivity contribution in [3.8, 4) is 33.4 Å². The van der Waals surface area contributed by atoms with Gasteiger partial charge in [0.15, 0.2) is 0 Å². The molecular weight excluding hydrogens is 464 g/mol. The van der Waals surface area contributed by atoms with Gasteiger partial charge in [0.2, 0.25) is 0 Å². The third kappa shape index (κ3) is 3.17. The SMILES string of the molecule is Cc1ccccc1-c1c2ccccc2c(-c2ccccc2C)c2cc3c(cc12)-c1ccccc1S3(C)C. The van der Waals surface area contributed by atoms with E-state index >= 15 is 0 Å². The Bertz CT molecular complexity index is 1870. The van der Waals surface area contributed by atoms with Gasteiger partial charge in [0.1, 0.15) is 0 Å². The minimum absolute atomic E-state index is 1.10. The van der Waals surface area contributed by atoms with Crippen molar-refractivity contribution in [3.63, 3.8) is 0 Å². The monoisotopic (exact) mass is 494 g/mol. The lowest BCUT2D eigenvalue weighted by atomic mass is 9.83. The highest BCUT2D eigenvalue weighted by Gasteiger charge is 2.33. The first-order valence-electron chi connectivity index (χ1n) is 12.9. The standard InChI is InChI=1S/C36H30S/c1-23-13-5-7-15-25(23)35-28-18-9-10-19-29(28)36(26-16-8-6-14-24(26)2)32-22-34-30(21-31(32)35)27-17-11-12-20-33(27)37(34,3)4/h5-22H,1-4H3. The van der Waals surface area contributed by atoms with Crippen LogP contribution in [-0.4, -0.2) is 12.5 Å². The van der Waals surface area contributed by atoms with Crippen LogP contribution in [0, 0.1) is 13.8 Å². The minimum Gasteiger partial charge on any atom is -0.192 e. The Labute approximate surface area is 220 Å². The quantitative estimate of drug-likeness (QED) is 0.210. The van der Waals surface area contributed by atoms with E-state index in [0.717, 1.165) is 0 Å². The maximum atomic E-state index is 2.55. The fourth-order valence-corrected chi connectivity index (χ4v) is 8.89. The summed E-state index contributed by atoms with van der Waals surface area (Å²) in [5.74, 6) is 0. The molecule has 1 heteroatoms. The van der Waals surface area contributed by atoms with E-state index < -0.39 is 10.0 Å². The Kier molecular flexibility index (Phi) is 4.90. The van der Waals surface area contributed by atoms with E-state index in [0.29, 0.717) is 0 Å². The number of hydrogen-bond donors (Lipinski definition) is 0. The molecule has 0 amide bonds. The van der Waals surface area contributed by atoms with Crippen LogP contribution in [0.5, 0.6) is 0 Å². The van der Waals surface area contributed by atoms with Crippen LogP contribution in [0.2, 0.25) is 0 Å². The highest BCUT2D eigenvalue weighted by atomic mass is 32.3. The molecule has 0 N–H and O–H groups in total. The topological polar surface area (TPSA) is 0 Å². The molecule has 6 aromatic rings. The Morgan fingerprint density at radius 3 is 1.43 bits per heavy atom. The van der Waals surface area contributed by atoms with Gasteiger partial charge in [-0.25, -0.2) is 0 Å². The molecule has 0 unspecified atom stereocenters. The summed E-state index contributed by atoms with van der Waals surface area (Å²) >= 11 is 0. The zero-order valence-corrected chi connectivity index (χ0v) is 22.6. The Balaban J connectivity index is 1.74. The van der Waals surface area contributed by atoms with E-state index in [1.807, 2.05) is 0 Å². The van der Waals surface area contributed by atoms with Gasteiger partial charge in [-0.1, -0.05) is 91.0 Å². The molecule has 1 aliphatic rings. The van der Waals surface area contributed by atoms with Crippen LogP contribution in [0.15, 0.2) is 119 Å². The smallest absolute Gasteiger partial charge is 0.00219 e. The number of aryl methyl sites for hydroxylation is 2. The highest BCUT2D eigenvalue weighted by Crippen LogP contribution is 2.68. The van der Waals surface area contributed by atoms with Gasteiger partial charge in [-0.3, -0.25) is 0 Å². The maximum Gasteiger partial charge on any atom is 0.00219 e. The molecule has 37 heavy (non-hydrogen) atoms. The van der Waals surface area contributed by atoms with E-state index in [9.17, 15) is 0 Å². The second-order valence-corrected chi connectivity index (χ2v) is 14.2. The van der Waals surface area contributed by atoms with Crippen LogP contribution < -0.4 is 0 Å². The van der Waals surface area contributed by atoms with Crippen molar-refractivity contribution in [2.24, 2.45) is 0 Å². The lowest BCUT2D eigenvalue weighted by Gasteiger charge is -2.29. The molecule has 7 rings (SSSR count). The van der Waals surface area contributed by atoms with Gasteiger partial charge in [-0.15, -0.1) is 0 Å². The van der Waals surface area contributed by atoms with Crippen molar-refractivity contribution in [2.45, 2.75) is 23.6 Å². The summed E-state index contributed by atoms with van der Waals surface area (Å²) in [5, 5.41) is 5.35. The highest BCUT2D eigenvalue weighted by molar-refractivity contribution is 8.33. The van der Waals surface area contributed by atoms with Crippen molar-refractivity contribution in [3.05, 3.63) is 120 Å². The summed E-state index contributed by atoms with van der Waals surface area (Å²) in [6.45, 7) is 4.48. The van der Waals surface area contributed by atoms with Crippen molar-refractivity contribution >= 4 is 31.6 Å². The molecule has 0 spiro atoms. The van der Waals surface area contributed by atoms with Crippen molar-refractivity contribution in [2.75, 3.05) is 12.5 Å². The molecule has 0 saturated carbocycles. The summed E-state index contributed by atoms with van der Waals surface area (Å²) in [5.41, 5.74) is 10.8. The van der Waals surface area contributed by atoms with Crippen LogP contribution in [0.1, 0.15) is 11.1 Å². The Morgan fingerprint density at radius 1 is 0.405 bits per heavy atom. The van der Waals surface area contributed by atoms with E-state index in [1.54, 1.807) is 0 Å². The lowest BCUT2D eigenvalue weighted by molar-refractivity contribution is 1.45. The van der Waals surface area contributed by atoms with Gasteiger partial charge in [0.05, 0.1) is 0 Å². The Hall–Kier alpha value is -3.81. The molecule has 0 fully saturated rings. The molecule has 0 saturated heterocycles. The second kappa shape index (κ2) is 8.10. The van der Waals surface area contributed by atoms with Gasteiger partial charge < -0.3 is 0 Å². The normalized spacial score (nSPS) is 14.5. The third-order valence-corrected chi connectivity index (χ3v) is 11.1. The first-order chi connectivity index (χ1) is 18.0. The first-order valence-corrected chi connectivity index (χ1v) is 15.4. The van der Waals surface area contributed by atoms with Crippen molar-refractivity contribution < 1.29 is 0 Å². The fraction of sp³-hybridized carbons (Fsp3) is 0.111. The number of hydrogen-bond acceptors (Lipinski definition) is 0. The summed E-state index contributed by atoms with van der Waals surface area (Å²) in [6.07, 6.45) is 4.92. The molecule has 6 aromatic carbocycles. The molecule has 0 atom stereocenters. The number of rotatable bonds is 2. The molecule has 1 heterocycles. The van der Waals surface area contributed by atoms with Crippen LogP contribution in [0.25, 0.3) is 54.9 Å². The Morgan fingerprint density at radius 2 is 0.865 bits per heavy atom. The minimum atomic E-state index is -1.10. The summed E-state index contributed by atoms with van der Waals surface area (Å²) < 4.78 is 0. The van der Waals surface area contributed by atoms with Crippen LogP contribution in [-0.2, 0) is 0 Å². The molecule has 0 bridgehead atoms. The molecule has 1 aliphatic heterocycles. The van der Waals surface area contributed by atoms with Gasteiger partial charge in [-0.2, -0.15) is 10.0 Å². The zero-order valence-electron chi connectivity index (χ0n) is 21.8. The molecule has 0 nitrogen and oxygen atoms in total. The van der Waals surface area contributed by atoms with E-state index in [1.165, 1.54) is 75.8 Å².